The molecule has 10 heteroatoms. The minimum absolute atomic E-state index is 0.0320. The minimum Gasteiger partial charge on any atom is -0.315 e. The monoisotopic (exact) mass is 600 g/mol. The molecule has 0 fully saturated rings. The van der Waals surface area contributed by atoms with E-state index in [0.717, 1.165) is 113 Å². The molecule has 0 saturated heterocycles. The molecule has 0 heterocycles. The lowest BCUT2D eigenvalue weighted by atomic mass is 10.4. The first-order valence-corrected chi connectivity index (χ1v) is 23.6. The largest absolute Gasteiger partial charge is 0.315 e. The lowest BCUT2D eigenvalue weighted by Crippen LogP contribution is -2.42. The predicted octanol–water partition coefficient (Wildman–Crippen LogP) is 8.76. The lowest BCUT2D eigenvalue weighted by molar-refractivity contribution is 0.460. The molecule has 0 aliphatic heterocycles. The summed E-state index contributed by atoms with van der Waals surface area (Å²) in [5.74, 6) is -0.496. The summed E-state index contributed by atoms with van der Waals surface area (Å²) in [5.41, 5.74) is 0. The van der Waals surface area contributed by atoms with Gasteiger partial charge in [0.15, 0.2) is 0 Å². The van der Waals surface area contributed by atoms with Crippen LogP contribution in [0, 0.1) is 0 Å². The Labute approximate surface area is 233 Å². The van der Waals surface area contributed by atoms with Gasteiger partial charge in [0.1, 0.15) is 0 Å². The van der Waals surface area contributed by atoms with Crippen LogP contribution in [0.4, 0.5) is 0 Å². The van der Waals surface area contributed by atoms with Crippen molar-refractivity contribution in [1.29, 1.82) is 0 Å². The number of hydrogen-bond acceptors (Lipinski definition) is 6. The second-order valence-corrected chi connectivity index (χ2v) is 23.1. The van der Waals surface area contributed by atoms with Crippen LogP contribution >= 0.6 is 0 Å². The molecule has 224 valence electrons. The van der Waals surface area contributed by atoms with E-state index < -0.39 is 36.9 Å². The summed E-state index contributed by atoms with van der Waals surface area (Å²) in [7, 11) is -12.4. The Morgan fingerprint density at radius 1 is 0.405 bits per heavy atom. The maximum absolute atomic E-state index is 13.1. The first kappa shape index (κ1) is 37.3. The zero-order valence-electron chi connectivity index (χ0n) is 25.1. The topological polar surface area (TPSA) is 86.7 Å². The van der Waals surface area contributed by atoms with Crippen molar-refractivity contribution in [3.8, 4) is 0 Å². The molecule has 0 saturated carbocycles. The normalized spacial score (nSPS) is 13.4. The van der Waals surface area contributed by atoms with Crippen LogP contribution in [0.5, 0.6) is 0 Å². The van der Waals surface area contributed by atoms with Crippen LogP contribution in [-0.2, 0) is 28.0 Å². The third kappa shape index (κ3) is 16.8. The smallest absolute Gasteiger partial charge is 0.257 e. The van der Waals surface area contributed by atoms with Gasteiger partial charge in [-0.15, -0.1) is 0 Å². The average Bonchev–Trinajstić information content (AvgIpc) is 2.85. The van der Waals surface area contributed by atoms with Gasteiger partial charge in [0.2, 0.25) is 16.6 Å². The maximum Gasteiger partial charge on any atom is 0.257 e. The SMILES string of the molecule is CCCC[Si](CCCC)(CCCC)OS(=O)(=O)CCCS(=O)(=O)O[Si](CCCC)(CCCC)CCCC. The molecule has 0 rings (SSSR count). The van der Waals surface area contributed by atoms with Gasteiger partial charge in [-0.3, -0.25) is 0 Å². The number of rotatable bonds is 26. The van der Waals surface area contributed by atoms with Crippen molar-refractivity contribution in [1.82, 2.24) is 0 Å². The van der Waals surface area contributed by atoms with Crippen LogP contribution in [-0.4, -0.2) is 45.0 Å². The molecule has 0 radical (unpaired) electrons. The van der Waals surface area contributed by atoms with Gasteiger partial charge < -0.3 is 7.74 Å². The number of unbranched alkanes of at least 4 members (excludes halogenated alkanes) is 6. The second-order valence-electron chi connectivity index (χ2n) is 11.0. The van der Waals surface area contributed by atoms with E-state index in [2.05, 4.69) is 41.5 Å². The third-order valence-corrected chi connectivity index (χ3v) is 21.3. The molecule has 37 heavy (non-hydrogen) atoms. The van der Waals surface area contributed by atoms with Gasteiger partial charge in [-0.05, 0) is 42.7 Å². The van der Waals surface area contributed by atoms with Crippen LogP contribution in [0.2, 0.25) is 36.3 Å². The Balaban J connectivity index is 5.46. The first-order valence-electron chi connectivity index (χ1n) is 15.3. The summed E-state index contributed by atoms with van der Waals surface area (Å²) < 4.78 is 64.6. The Bertz CT molecular complexity index is 664. The lowest BCUT2D eigenvalue weighted by Gasteiger charge is -2.31. The van der Waals surface area contributed by atoms with E-state index in [4.69, 9.17) is 7.74 Å². The van der Waals surface area contributed by atoms with Gasteiger partial charge in [0, 0.05) is 0 Å². The fraction of sp³-hybridized carbons (Fsp3) is 1.00. The van der Waals surface area contributed by atoms with E-state index in [1.54, 1.807) is 0 Å². The van der Waals surface area contributed by atoms with Crippen LogP contribution in [0.1, 0.15) is 125 Å². The van der Waals surface area contributed by atoms with Gasteiger partial charge in [0.05, 0.1) is 11.5 Å². The highest BCUT2D eigenvalue weighted by Gasteiger charge is 2.40. The molecule has 0 aromatic rings. The Morgan fingerprint density at radius 3 is 0.811 bits per heavy atom. The molecule has 0 spiro atoms. The summed E-state index contributed by atoms with van der Waals surface area (Å²) in [6.07, 6.45) is 12.1. The van der Waals surface area contributed by atoms with Crippen molar-refractivity contribution in [2.45, 2.75) is 161 Å². The Morgan fingerprint density at radius 2 is 0.622 bits per heavy atom. The van der Waals surface area contributed by atoms with E-state index in [0.29, 0.717) is 0 Å². The Kier molecular flexibility index (Phi) is 20.3. The van der Waals surface area contributed by atoms with Crippen LogP contribution in [0.25, 0.3) is 0 Å². The zero-order chi connectivity index (χ0) is 28.3. The standard InChI is InChI=1S/C27H60O6S2Si2/c1-7-13-22-36(23-14-8-2,24-15-9-3)32-34(28,29)20-19-21-35(30,31)33-37(25-16-10-4,26-17-11-5)27-18-12-6/h7-27H2,1-6H3. The molecule has 0 aliphatic rings. The maximum atomic E-state index is 13.1. The van der Waals surface area contributed by atoms with E-state index in [1.807, 2.05) is 0 Å². The highest BCUT2D eigenvalue weighted by molar-refractivity contribution is 7.88. The van der Waals surface area contributed by atoms with Crippen LogP contribution in [0.15, 0.2) is 0 Å². The summed E-state index contributed by atoms with van der Waals surface area (Å²) in [6, 6.07) is 5.19. The third-order valence-electron chi connectivity index (χ3n) is 7.31. The zero-order valence-corrected chi connectivity index (χ0v) is 28.7. The highest BCUT2D eigenvalue weighted by Crippen LogP contribution is 2.33. The molecule has 0 N–H and O–H groups in total. The summed E-state index contributed by atoms with van der Waals surface area (Å²) in [4.78, 5) is 0. The molecule has 0 bridgehead atoms. The second kappa shape index (κ2) is 20.2. The van der Waals surface area contributed by atoms with Gasteiger partial charge >= 0.3 is 0 Å². The van der Waals surface area contributed by atoms with Gasteiger partial charge in [-0.2, -0.15) is 0 Å². The van der Waals surface area contributed by atoms with Gasteiger partial charge in [0.25, 0.3) is 20.2 Å². The quantitative estimate of drug-likeness (QED) is 0.0922. The molecular weight excluding hydrogens is 541 g/mol. The highest BCUT2D eigenvalue weighted by atomic mass is 32.2. The van der Waals surface area contributed by atoms with Crippen molar-refractivity contribution < 1.29 is 24.6 Å². The average molecular weight is 601 g/mol. The fourth-order valence-corrected chi connectivity index (χ4v) is 20.7. The van der Waals surface area contributed by atoms with Crippen molar-refractivity contribution in [2.24, 2.45) is 0 Å². The van der Waals surface area contributed by atoms with Crippen molar-refractivity contribution in [3.05, 3.63) is 0 Å². The van der Waals surface area contributed by atoms with Crippen molar-refractivity contribution in [3.63, 3.8) is 0 Å². The van der Waals surface area contributed by atoms with Gasteiger partial charge in [-0.25, -0.2) is 16.8 Å². The van der Waals surface area contributed by atoms with E-state index >= 15 is 0 Å². The molecule has 0 aliphatic carbocycles. The molecule has 0 aromatic heterocycles. The summed E-state index contributed by atoms with van der Waals surface area (Å²) in [5, 5.41) is 0. The predicted molar refractivity (Wildman–Crippen MR) is 164 cm³/mol. The first-order chi connectivity index (χ1) is 17.5. The molecule has 0 aromatic carbocycles. The molecular formula is C27H60O6S2Si2. The fourth-order valence-electron chi connectivity index (χ4n) is 5.03. The van der Waals surface area contributed by atoms with Crippen LogP contribution in [0.3, 0.4) is 0 Å². The van der Waals surface area contributed by atoms with E-state index in [9.17, 15) is 16.8 Å². The van der Waals surface area contributed by atoms with Crippen LogP contribution < -0.4 is 0 Å². The van der Waals surface area contributed by atoms with E-state index in [1.165, 1.54) is 0 Å². The molecule has 6 nitrogen and oxygen atoms in total. The van der Waals surface area contributed by atoms with E-state index in [-0.39, 0.29) is 17.9 Å². The molecule has 0 unspecified atom stereocenters. The molecule has 0 amide bonds. The van der Waals surface area contributed by atoms with Crippen molar-refractivity contribution >= 4 is 36.9 Å². The minimum atomic E-state index is -3.79. The Hall–Kier alpha value is 0.254. The summed E-state index contributed by atoms with van der Waals surface area (Å²) >= 11 is 0. The summed E-state index contributed by atoms with van der Waals surface area (Å²) in [6.45, 7) is 12.8. The van der Waals surface area contributed by atoms with Crippen molar-refractivity contribution in [2.75, 3.05) is 11.5 Å². The number of hydrogen-bond donors (Lipinski definition) is 0. The van der Waals surface area contributed by atoms with Gasteiger partial charge in [-0.1, -0.05) is 119 Å². The molecule has 0 atom stereocenters.